The third-order valence-corrected chi connectivity index (χ3v) is 3.44. The van der Waals surface area contributed by atoms with E-state index in [1.165, 1.54) is 19.3 Å². The maximum atomic E-state index is 6.21. The Morgan fingerprint density at radius 3 is 2.79 bits per heavy atom. The van der Waals surface area contributed by atoms with Crippen LogP contribution < -0.4 is 5.73 Å². The van der Waals surface area contributed by atoms with Crippen molar-refractivity contribution in [1.82, 2.24) is 0 Å². The van der Waals surface area contributed by atoms with Crippen LogP contribution in [0.25, 0.3) is 0 Å². The standard InChI is InChI=1S/C12H25NO/c1-4-5-9-14-10-7-6-8-12(2,3)11(10)13/h10-11H,4-9,13H2,1-3H3. The molecule has 0 radical (unpaired) electrons. The molecule has 0 aromatic rings. The van der Waals surface area contributed by atoms with Gasteiger partial charge in [-0.15, -0.1) is 0 Å². The molecule has 0 aromatic carbocycles. The number of unbranched alkanes of at least 4 members (excludes halogenated alkanes) is 1. The summed E-state index contributed by atoms with van der Waals surface area (Å²) in [5.41, 5.74) is 6.47. The highest BCUT2D eigenvalue weighted by Gasteiger charge is 2.36. The van der Waals surface area contributed by atoms with Gasteiger partial charge < -0.3 is 10.5 Å². The largest absolute Gasteiger partial charge is 0.377 e. The molecule has 0 amide bonds. The highest BCUT2D eigenvalue weighted by Crippen LogP contribution is 2.35. The molecule has 84 valence electrons. The summed E-state index contributed by atoms with van der Waals surface area (Å²) in [6.45, 7) is 7.58. The Balaban J connectivity index is 2.36. The maximum absolute atomic E-state index is 6.21. The second-order valence-corrected chi connectivity index (χ2v) is 5.17. The average Bonchev–Trinajstić information content (AvgIpc) is 2.13. The van der Waals surface area contributed by atoms with Gasteiger partial charge in [0.1, 0.15) is 0 Å². The predicted octanol–water partition coefficient (Wildman–Crippen LogP) is 2.71. The summed E-state index contributed by atoms with van der Waals surface area (Å²) in [5.74, 6) is 0. The van der Waals surface area contributed by atoms with Gasteiger partial charge in [0.15, 0.2) is 0 Å². The van der Waals surface area contributed by atoms with E-state index in [0.717, 1.165) is 19.4 Å². The van der Waals surface area contributed by atoms with E-state index >= 15 is 0 Å². The minimum Gasteiger partial charge on any atom is -0.377 e. The minimum absolute atomic E-state index is 0.216. The number of ether oxygens (including phenoxy) is 1. The minimum atomic E-state index is 0.216. The van der Waals surface area contributed by atoms with Crippen molar-refractivity contribution in [2.45, 2.75) is 65.0 Å². The van der Waals surface area contributed by atoms with Crippen LogP contribution in [0, 0.1) is 5.41 Å². The van der Waals surface area contributed by atoms with Crippen LogP contribution in [0.4, 0.5) is 0 Å². The molecule has 0 aliphatic heterocycles. The molecule has 0 aromatic heterocycles. The molecule has 2 atom stereocenters. The Bertz CT molecular complexity index is 168. The summed E-state index contributed by atoms with van der Waals surface area (Å²) >= 11 is 0. The highest BCUT2D eigenvalue weighted by atomic mass is 16.5. The lowest BCUT2D eigenvalue weighted by Gasteiger charge is -2.41. The van der Waals surface area contributed by atoms with Gasteiger partial charge in [-0.05, 0) is 24.7 Å². The van der Waals surface area contributed by atoms with Gasteiger partial charge in [-0.25, -0.2) is 0 Å². The van der Waals surface area contributed by atoms with Crippen LogP contribution in [0.1, 0.15) is 52.9 Å². The maximum Gasteiger partial charge on any atom is 0.0731 e. The van der Waals surface area contributed by atoms with Gasteiger partial charge in [-0.3, -0.25) is 0 Å². The first kappa shape index (κ1) is 12.0. The second kappa shape index (κ2) is 5.13. The van der Waals surface area contributed by atoms with E-state index in [2.05, 4.69) is 20.8 Å². The van der Waals surface area contributed by atoms with Crippen LogP contribution in [-0.4, -0.2) is 18.8 Å². The highest BCUT2D eigenvalue weighted by molar-refractivity contribution is 4.91. The van der Waals surface area contributed by atoms with Gasteiger partial charge in [0.25, 0.3) is 0 Å². The van der Waals surface area contributed by atoms with Crippen LogP contribution >= 0.6 is 0 Å². The van der Waals surface area contributed by atoms with Gasteiger partial charge in [-0.1, -0.05) is 33.6 Å². The van der Waals surface area contributed by atoms with E-state index in [9.17, 15) is 0 Å². The SMILES string of the molecule is CCCCOC1CCCC(C)(C)C1N. The van der Waals surface area contributed by atoms with Crippen LogP contribution in [0.15, 0.2) is 0 Å². The molecule has 0 spiro atoms. The monoisotopic (exact) mass is 199 g/mol. The molecule has 0 saturated heterocycles. The Labute approximate surface area is 88.2 Å². The molecule has 0 bridgehead atoms. The molecule has 14 heavy (non-hydrogen) atoms. The molecule has 1 saturated carbocycles. The molecule has 2 heteroatoms. The molecule has 1 rings (SSSR count). The van der Waals surface area contributed by atoms with E-state index in [0.29, 0.717) is 6.10 Å². The van der Waals surface area contributed by atoms with Crippen molar-refractivity contribution in [2.75, 3.05) is 6.61 Å². The summed E-state index contributed by atoms with van der Waals surface area (Å²) in [7, 11) is 0. The summed E-state index contributed by atoms with van der Waals surface area (Å²) in [5, 5.41) is 0. The molecule has 2 N–H and O–H groups in total. The second-order valence-electron chi connectivity index (χ2n) is 5.17. The molecule has 2 nitrogen and oxygen atoms in total. The number of rotatable bonds is 4. The Morgan fingerprint density at radius 1 is 1.43 bits per heavy atom. The van der Waals surface area contributed by atoms with Crippen molar-refractivity contribution in [2.24, 2.45) is 11.1 Å². The Morgan fingerprint density at radius 2 is 2.14 bits per heavy atom. The van der Waals surface area contributed by atoms with Gasteiger partial charge in [0, 0.05) is 12.6 Å². The quantitative estimate of drug-likeness (QED) is 0.707. The summed E-state index contributed by atoms with van der Waals surface area (Å²) < 4.78 is 5.85. The topological polar surface area (TPSA) is 35.2 Å². The predicted molar refractivity (Wildman–Crippen MR) is 60.3 cm³/mol. The van der Waals surface area contributed by atoms with Crippen molar-refractivity contribution in [3.63, 3.8) is 0 Å². The average molecular weight is 199 g/mol. The number of hydrogen-bond donors (Lipinski definition) is 1. The molecule has 1 fully saturated rings. The zero-order chi connectivity index (χ0) is 10.6. The van der Waals surface area contributed by atoms with Gasteiger partial charge in [0.05, 0.1) is 6.10 Å². The van der Waals surface area contributed by atoms with Crippen LogP contribution in [0.5, 0.6) is 0 Å². The Hall–Kier alpha value is -0.0800. The molecule has 1 aliphatic rings. The van der Waals surface area contributed by atoms with E-state index in [-0.39, 0.29) is 11.5 Å². The van der Waals surface area contributed by atoms with Gasteiger partial charge in [-0.2, -0.15) is 0 Å². The molecule has 0 heterocycles. The van der Waals surface area contributed by atoms with E-state index in [1.54, 1.807) is 0 Å². The third kappa shape index (κ3) is 2.96. The van der Waals surface area contributed by atoms with Crippen LogP contribution in [0.3, 0.4) is 0 Å². The smallest absolute Gasteiger partial charge is 0.0731 e. The lowest BCUT2D eigenvalue weighted by Crippen LogP contribution is -2.50. The van der Waals surface area contributed by atoms with E-state index in [1.807, 2.05) is 0 Å². The molecule has 1 aliphatic carbocycles. The lowest BCUT2D eigenvalue weighted by atomic mass is 9.72. The number of nitrogens with two attached hydrogens (primary N) is 1. The first-order valence-corrected chi connectivity index (χ1v) is 5.95. The van der Waals surface area contributed by atoms with Crippen molar-refractivity contribution < 1.29 is 4.74 Å². The summed E-state index contributed by atoms with van der Waals surface area (Å²) in [6.07, 6.45) is 6.30. The lowest BCUT2D eigenvalue weighted by molar-refractivity contribution is -0.0252. The van der Waals surface area contributed by atoms with Crippen molar-refractivity contribution in [1.29, 1.82) is 0 Å². The van der Waals surface area contributed by atoms with Crippen LogP contribution in [-0.2, 0) is 4.74 Å². The fourth-order valence-corrected chi connectivity index (χ4v) is 2.17. The third-order valence-electron chi connectivity index (χ3n) is 3.44. The van der Waals surface area contributed by atoms with Gasteiger partial charge in [0.2, 0.25) is 0 Å². The summed E-state index contributed by atoms with van der Waals surface area (Å²) in [6, 6.07) is 0.216. The van der Waals surface area contributed by atoms with Crippen molar-refractivity contribution in [3.8, 4) is 0 Å². The van der Waals surface area contributed by atoms with Crippen molar-refractivity contribution in [3.05, 3.63) is 0 Å². The van der Waals surface area contributed by atoms with Crippen LogP contribution in [0.2, 0.25) is 0 Å². The zero-order valence-corrected chi connectivity index (χ0v) is 9.88. The molecular weight excluding hydrogens is 174 g/mol. The fourth-order valence-electron chi connectivity index (χ4n) is 2.17. The van der Waals surface area contributed by atoms with E-state index < -0.39 is 0 Å². The molecular formula is C12H25NO. The zero-order valence-electron chi connectivity index (χ0n) is 9.88. The van der Waals surface area contributed by atoms with Gasteiger partial charge >= 0.3 is 0 Å². The number of hydrogen-bond acceptors (Lipinski definition) is 2. The Kier molecular flexibility index (Phi) is 4.39. The fraction of sp³-hybridized carbons (Fsp3) is 1.00. The summed E-state index contributed by atoms with van der Waals surface area (Å²) in [4.78, 5) is 0. The van der Waals surface area contributed by atoms with E-state index in [4.69, 9.17) is 10.5 Å². The van der Waals surface area contributed by atoms with Crippen molar-refractivity contribution >= 4 is 0 Å². The normalized spacial score (nSPS) is 31.7. The first-order valence-electron chi connectivity index (χ1n) is 5.95. The first-order chi connectivity index (χ1) is 6.58. The molecule has 2 unspecified atom stereocenters.